The third-order valence-electron chi connectivity index (χ3n) is 1.50. The normalized spacial score (nSPS) is 29.9. The summed E-state index contributed by atoms with van der Waals surface area (Å²) in [6, 6.07) is -0.205. The van der Waals surface area contributed by atoms with Gasteiger partial charge in [0, 0.05) is 12.6 Å². The summed E-state index contributed by atoms with van der Waals surface area (Å²) in [7, 11) is 5.42. The van der Waals surface area contributed by atoms with E-state index in [2.05, 4.69) is 0 Å². The van der Waals surface area contributed by atoms with E-state index in [1.807, 2.05) is 6.92 Å². The molecule has 0 aliphatic carbocycles. The Kier molecular flexibility index (Phi) is 3.22. The highest BCUT2D eigenvalue weighted by Crippen LogP contribution is 2.14. The first-order chi connectivity index (χ1) is 4.79. The molecule has 10 heavy (non-hydrogen) atoms. The van der Waals surface area contributed by atoms with Crippen molar-refractivity contribution in [1.82, 2.24) is 0 Å². The third-order valence-corrected chi connectivity index (χ3v) is 1.50. The lowest BCUT2D eigenvalue weighted by Crippen LogP contribution is -2.26. The predicted molar refractivity (Wildman–Crippen MR) is 39.9 cm³/mol. The third kappa shape index (κ3) is 2.71. The maximum Gasteiger partial charge on any atom is 0.156 e. The molecule has 0 amide bonds. The largest absolute Gasteiger partial charge is 0.359 e. The van der Waals surface area contributed by atoms with Gasteiger partial charge in [0.2, 0.25) is 0 Å². The number of hydrogen-bond acceptors (Lipinski definition) is 2. The summed E-state index contributed by atoms with van der Waals surface area (Å²) in [5.41, 5.74) is 0. The van der Waals surface area contributed by atoms with Gasteiger partial charge in [0.05, 0.1) is 0 Å². The molecule has 0 saturated carbocycles. The molecule has 0 spiro atoms. The van der Waals surface area contributed by atoms with Gasteiger partial charge < -0.3 is 9.47 Å². The zero-order valence-corrected chi connectivity index (χ0v) is 6.38. The van der Waals surface area contributed by atoms with E-state index < -0.39 is 0 Å². The first-order valence-electron chi connectivity index (χ1n) is 3.81. The standard InChI is InChI=1S/C7H13BO2/c1-6(8)10-7-4-2-3-5-9-7/h6-7H,2-5H2,1H3. The van der Waals surface area contributed by atoms with Gasteiger partial charge >= 0.3 is 0 Å². The molecular formula is C7H13BO2. The smallest absolute Gasteiger partial charge is 0.156 e. The van der Waals surface area contributed by atoms with Crippen LogP contribution < -0.4 is 0 Å². The Hall–Kier alpha value is -0.0151. The van der Waals surface area contributed by atoms with Crippen LogP contribution in [0.1, 0.15) is 26.2 Å². The summed E-state index contributed by atoms with van der Waals surface area (Å²) in [6.07, 6.45) is 3.28. The van der Waals surface area contributed by atoms with E-state index in [1.54, 1.807) is 0 Å². The van der Waals surface area contributed by atoms with E-state index in [1.165, 1.54) is 6.42 Å². The molecular weight excluding hydrogens is 127 g/mol. The second-order valence-corrected chi connectivity index (χ2v) is 2.64. The average Bonchev–Trinajstić information content (AvgIpc) is 1.88. The molecule has 2 unspecified atom stereocenters. The van der Waals surface area contributed by atoms with Crippen LogP contribution in [0.4, 0.5) is 0 Å². The van der Waals surface area contributed by atoms with E-state index in [0.29, 0.717) is 0 Å². The number of ether oxygens (including phenoxy) is 2. The van der Waals surface area contributed by atoms with Crippen molar-refractivity contribution in [3.8, 4) is 0 Å². The molecule has 1 fully saturated rings. The molecule has 2 nitrogen and oxygen atoms in total. The first kappa shape index (κ1) is 8.09. The van der Waals surface area contributed by atoms with Crippen LogP contribution >= 0.6 is 0 Å². The van der Waals surface area contributed by atoms with Crippen molar-refractivity contribution < 1.29 is 9.47 Å². The fourth-order valence-electron chi connectivity index (χ4n) is 1.06. The average molecular weight is 140 g/mol. The molecule has 2 atom stereocenters. The minimum atomic E-state index is -0.205. The van der Waals surface area contributed by atoms with Crippen LogP contribution in [-0.4, -0.2) is 26.7 Å². The van der Waals surface area contributed by atoms with E-state index in [-0.39, 0.29) is 12.3 Å². The van der Waals surface area contributed by atoms with Gasteiger partial charge in [-0.25, -0.2) is 0 Å². The summed E-state index contributed by atoms with van der Waals surface area (Å²) in [6.45, 7) is 2.63. The molecule has 1 aliphatic heterocycles. The highest BCUT2D eigenvalue weighted by atomic mass is 16.7. The van der Waals surface area contributed by atoms with Crippen molar-refractivity contribution in [1.29, 1.82) is 0 Å². The van der Waals surface area contributed by atoms with Gasteiger partial charge in [0.1, 0.15) is 7.85 Å². The zero-order chi connectivity index (χ0) is 7.40. The van der Waals surface area contributed by atoms with Crippen LogP contribution in [0.2, 0.25) is 0 Å². The maximum absolute atomic E-state index is 5.42. The number of hydrogen-bond donors (Lipinski definition) is 0. The molecule has 1 saturated heterocycles. The van der Waals surface area contributed by atoms with E-state index in [0.717, 1.165) is 19.4 Å². The molecule has 1 rings (SSSR count). The number of rotatable bonds is 2. The van der Waals surface area contributed by atoms with Crippen LogP contribution in [0, 0.1) is 0 Å². The second-order valence-electron chi connectivity index (χ2n) is 2.64. The van der Waals surface area contributed by atoms with Gasteiger partial charge in [-0.2, -0.15) is 0 Å². The lowest BCUT2D eigenvalue weighted by Gasteiger charge is -2.24. The van der Waals surface area contributed by atoms with Gasteiger partial charge in [-0.3, -0.25) is 0 Å². The van der Waals surface area contributed by atoms with Crippen molar-refractivity contribution in [2.45, 2.75) is 38.5 Å². The molecule has 0 aromatic carbocycles. The maximum atomic E-state index is 5.42. The van der Waals surface area contributed by atoms with Crippen molar-refractivity contribution in [2.24, 2.45) is 0 Å². The molecule has 2 radical (unpaired) electrons. The van der Waals surface area contributed by atoms with E-state index in [4.69, 9.17) is 17.3 Å². The van der Waals surface area contributed by atoms with E-state index in [9.17, 15) is 0 Å². The molecule has 1 heterocycles. The van der Waals surface area contributed by atoms with Crippen LogP contribution in [0.25, 0.3) is 0 Å². The van der Waals surface area contributed by atoms with Gasteiger partial charge in [0.15, 0.2) is 6.29 Å². The molecule has 1 aliphatic rings. The zero-order valence-electron chi connectivity index (χ0n) is 6.38. The van der Waals surface area contributed by atoms with Gasteiger partial charge in [0.25, 0.3) is 0 Å². The second kappa shape index (κ2) is 3.99. The summed E-state index contributed by atoms with van der Waals surface area (Å²) in [5, 5.41) is 0. The molecule has 0 N–H and O–H groups in total. The topological polar surface area (TPSA) is 18.5 Å². The fraction of sp³-hybridized carbons (Fsp3) is 1.00. The van der Waals surface area contributed by atoms with Gasteiger partial charge in [-0.05, 0) is 26.2 Å². The quantitative estimate of drug-likeness (QED) is 0.533. The Balaban J connectivity index is 2.13. The molecule has 56 valence electrons. The molecule has 0 bridgehead atoms. The molecule has 0 aromatic rings. The summed E-state index contributed by atoms with van der Waals surface area (Å²) in [4.78, 5) is 0. The predicted octanol–water partition coefficient (Wildman–Crippen LogP) is 1.04. The van der Waals surface area contributed by atoms with Crippen molar-refractivity contribution in [3.05, 3.63) is 0 Å². The Morgan fingerprint density at radius 3 is 2.90 bits per heavy atom. The Morgan fingerprint density at radius 2 is 2.40 bits per heavy atom. The summed E-state index contributed by atoms with van der Waals surface area (Å²) >= 11 is 0. The molecule has 0 aromatic heterocycles. The van der Waals surface area contributed by atoms with Crippen LogP contribution in [0.3, 0.4) is 0 Å². The lowest BCUT2D eigenvalue weighted by molar-refractivity contribution is -0.168. The SMILES string of the molecule is [B]C(C)OC1CCCCO1. The lowest BCUT2D eigenvalue weighted by atomic mass is 10.0. The Bertz CT molecular complexity index is 89.6. The minimum Gasteiger partial charge on any atom is -0.359 e. The highest BCUT2D eigenvalue weighted by molar-refractivity contribution is 6.10. The first-order valence-corrected chi connectivity index (χ1v) is 3.81. The van der Waals surface area contributed by atoms with Crippen LogP contribution in [-0.2, 0) is 9.47 Å². The minimum absolute atomic E-state index is 0.0475. The van der Waals surface area contributed by atoms with Crippen molar-refractivity contribution in [3.63, 3.8) is 0 Å². The Morgan fingerprint density at radius 1 is 1.60 bits per heavy atom. The van der Waals surface area contributed by atoms with Gasteiger partial charge in [-0.15, -0.1) is 0 Å². The van der Waals surface area contributed by atoms with Crippen LogP contribution in [0.5, 0.6) is 0 Å². The molecule has 3 heteroatoms. The van der Waals surface area contributed by atoms with Crippen LogP contribution in [0.15, 0.2) is 0 Å². The monoisotopic (exact) mass is 140 g/mol. The fourth-order valence-corrected chi connectivity index (χ4v) is 1.06. The van der Waals surface area contributed by atoms with Crippen molar-refractivity contribution >= 4 is 7.85 Å². The van der Waals surface area contributed by atoms with Gasteiger partial charge in [-0.1, -0.05) is 0 Å². The Labute approximate surface area is 63.3 Å². The van der Waals surface area contributed by atoms with E-state index >= 15 is 0 Å². The summed E-state index contributed by atoms with van der Waals surface area (Å²) < 4.78 is 10.5. The highest BCUT2D eigenvalue weighted by Gasteiger charge is 2.14. The van der Waals surface area contributed by atoms with Crippen molar-refractivity contribution in [2.75, 3.05) is 6.61 Å². The summed E-state index contributed by atoms with van der Waals surface area (Å²) in [5.74, 6) is 0.